The summed E-state index contributed by atoms with van der Waals surface area (Å²) in [5.41, 5.74) is 2.17. The maximum Gasteiger partial charge on any atom is 1.00 e. The molecule has 0 radical (unpaired) electrons. The molecule has 3 rings (SSSR count). The third kappa shape index (κ3) is 5.42. The van der Waals surface area contributed by atoms with Crippen LogP contribution in [0.5, 0.6) is 5.75 Å². The van der Waals surface area contributed by atoms with Gasteiger partial charge in [0, 0.05) is 37.1 Å². The molecule has 0 unspecified atom stereocenters. The van der Waals surface area contributed by atoms with Crippen molar-refractivity contribution in [3.05, 3.63) is 78.3 Å². The molecule has 1 N–H and O–H groups in total. The average Bonchev–Trinajstić information content (AvgIpc) is 2.66. The number of carbonyl (C=O) groups is 1. The molecule has 2 aliphatic rings. The van der Waals surface area contributed by atoms with Crippen molar-refractivity contribution in [1.82, 2.24) is 15.1 Å². The molecule has 2 aliphatic heterocycles. The molecular weight excluding hydrogens is 345 g/mol. The zero-order valence-corrected chi connectivity index (χ0v) is 17.0. The van der Waals surface area contributed by atoms with Crippen molar-refractivity contribution in [1.29, 1.82) is 0 Å². The summed E-state index contributed by atoms with van der Waals surface area (Å²) in [6.45, 7) is 12.1. The second-order valence-corrected chi connectivity index (χ2v) is 6.91. The van der Waals surface area contributed by atoms with Crippen LogP contribution in [0.2, 0.25) is 0 Å². The van der Waals surface area contributed by atoms with Gasteiger partial charge in [-0.05, 0) is 13.8 Å². The van der Waals surface area contributed by atoms with Crippen molar-refractivity contribution in [2.45, 2.75) is 25.9 Å². The number of nitrogens with zero attached hydrogens (tertiary/aromatic N) is 2. The summed E-state index contributed by atoms with van der Waals surface area (Å²) in [5.74, 6) is 0.527. The quantitative estimate of drug-likeness (QED) is 0.447. The fraction of sp³-hybridized carbons (Fsp3) is 0.318. The first-order valence-corrected chi connectivity index (χ1v) is 9.06. The van der Waals surface area contributed by atoms with Crippen molar-refractivity contribution >= 4 is 5.91 Å². The number of methoxy groups -OCH3 is 1. The van der Waals surface area contributed by atoms with Crippen LogP contribution in [-0.2, 0) is 4.79 Å². The van der Waals surface area contributed by atoms with E-state index in [1.807, 2.05) is 30.3 Å². The minimum atomic E-state index is -0.235. The van der Waals surface area contributed by atoms with Crippen molar-refractivity contribution in [3.8, 4) is 5.75 Å². The van der Waals surface area contributed by atoms with Gasteiger partial charge in [0.05, 0.1) is 7.11 Å². The Morgan fingerprint density at radius 2 is 1.86 bits per heavy atom. The maximum absolute atomic E-state index is 12.6. The summed E-state index contributed by atoms with van der Waals surface area (Å²) < 4.78 is 5.13. The van der Waals surface area contributed by atoms with Gasteiger partial charge in [-0.15, -0.1) is 35.5 Å². The summed E-state index contributed by atoms with van der Waals surface area (Å²) in [7, 11) is 1.62. The number of carbonyl (C=O) groups excluding carboxylic acids is 1. The smallest absolute Gasteiger partial charge is 0.498 e. The summed E-state index contributed by atoms with van der Waals surface area (Å²) >= 11 is 0. The van der Waals surface area contributed by atoms with Gasteiger partial charge in [0.15, 0.2) is 5.91 Å². The largest absolute Gasteiger partial charge is 1.00 e. The molecule has 142 valence electrons. The Morgan fingerprint density at radius 3 is 2.46 bits per heavy atom. The van der Waals surface area contributed by atoms with Gasteiger partial charge in [-0.25, -0.2) is 0 Å². The number of nitrogens with one attached hydrogen (secondary N) is 1. The fourth-order valence-electron chi connectivity index (χ4n) is 3.32. The van der Waals surface area contributed by atoms with E-state index in [0.29, 0.717) is 17.8 Å². The van der Waals surface area contributed by atoms with E-state index in [4.69, 9.17) is 11.3 Å². The third-order valence-corrected chi connectivity index (χ3v) is 4.58. The number of piperazine rings is 1. The number of hydrogen-bond donors (Lipinski definition) is 1. The van der Waals surface area contributed by atoms with E-state index in [9.17, 15) is 4.79 Å². The molecule has 0 spiro atoms. The molecule has 28 heavy (non-hydrogen) atoms. The van der Waals surface area contributed by atoms with Crippen LogP contribution in [0.3, 0.4) is 0 Å². The Kier molecular flexibility index (Phi) is 7.76. The molecule has 1 fully saturated rings. The number of ether oxygens (including phenoxy) is 1. The summed E-state index contributed by atoms with van der Waals surface area (Å²) in [6.07, 6.45) is 9.94. The number of amides is 1. The normalized spacial score (nSPS) is 22.1. The third-order valence-electron chi connectivity index (χ3n) is 4.58. The molecule has 2 heterocycles. The number of allylic oxidation sites excluding steroid dienone is 2. The Labute approximate surface area is 179 Å². The van der Waals surface area contributed by atoms with E-state index in [0.717, 1.165) is 30.1 Å². The zero-order chi connectivity index (χ0) is 19.4. The molecule has 1 aromatic carbocycles. The molecule has 1 saturated heterocycles. The van der Waals surface area contributed by atoms with Crippen molar-refractivity contribution < 1.29 is 28.4 Å². The van der Waals surface area contributed by atoms with E-state index in [1.165, 1.54) is 11.0 Å². The maximum atomic E-state index is 12.6. The van der Waals surface area contributed by atoms with Crippen LogP contribution in [0, 0.1) is 12.7 Å². The van der Waals surface area contributed by atoms with Crippen LogP contribution in [0.25, 0.3) is 0 Å². The Bertz CT molecular complexity index is 789. The standard InChI is InChI=1S/C22H25N3O2.Li/c1-16-13-24(14-17(2)23-16)20-9-5-18(3)25(15-20)22(26)12-8-19-6-10-21(27-4)11-7-19;/h3,5-7,9-12,15-17,23H,13-14H2,1-2,4H3;/q-2;+1/t16-,17+;. The first-order valence-electron chi connectivity index (χ1n) is 9.06. The second-order valence-electron chi connectivity index (χ2n) is 6.91. The van der Waals surface area contributed by atoms with E-state index in [2.05, 4.69) is 30.1 Å². The van der Waals surface area contributed by atoms with Gasteiger partial charge in [0.25, 0.3) is 0 Å². The zero-order valence-electron chi connectivity index (χ0n) is 17.0. The van der Waals surface area contributed by atoms with Gasteiger partial charge in [0.2, 0.25) is 0 Å². The monoisotopic (exact) mass is 370 g/mol. The first-order chi connectivity index (χ1) is 13.0. The van der Waals surface area contributed by atoms with Crippen molar-refractivity contribution in [2.75, 3.05) is 20.2 Å². The van der Waals surface area contributed by atoms with Crippen LogP contribution in [0.1, 0.15) is 19.4 Å². The summed E-state index contributed by atoms with van der Waals surface area (Å²) in [4.78, 5) is 16.4. The number of benzene rings is 1. The SMILES string of the molecule is [CH-]=C1C=CC(N2C[C@@H](C)N[C@@H](C)C2)=CN1C(=O)C=[C-]c1ccc(OC)cc1.[Li+]. The Balaban J connectivity index is 0.00000280. The van der Waals surface area contributed by atoms with Crippen LogP contribution < -0.4 is 28.9 Å². The van der Waals surface area contributed by atoms with Gasteiger partial charge in [0.1, 0.15) is 5.75 Å². The van der Waals surface area contributed by atoms with Gasteiger partial charge in [-0.2, -0.15) is 6.08 Å². The second kappa shape index (κ2) is 9.84. The van der Waals surface area contributed by atoms with Gasteiger partial charge in [-0.1, -0.05) is 18.2 Å². The van der Waals surface area contributed by atoms with Crippen LogP contribution >= 0.6 is 0 Å². The molecule has 2 atom stereocenters. The molecule has 0 bridgehead atoms. The van der Waals surface area contributed by atoms with E-state index in [1.54, 1.807) is 19.4 Å². The van der Waals surface area contributed by atoms with Crippen LogP contribution in [0.4, 0.5) is 0 Å². The van der Waals surface area contributed by atoms with E-state index >= 15 is 0 Å². The van der Waals surface area contributed by atoms with E-state index in [-0.39, 0.29) is 24.8 Å². The molecule has 0 aliphatic carbocycles. The van der Waals surface area contributed by atoms with Crippen molar-refractivity contribution in [2.24, 2.45) is 0 Å². The topological polar surface area (TPSA) is 44.8 Å². The Morgan fingerprint density at radius 1 is 1.21 bits per heavy atom. The minimum absolute atomic E-state index is 0. The molecule has 0 saturated carbocycles. The molecule has 5 nitrogen and oxygen atoms in total. The number of hydrogen-bond acceptors (Lipinski definition) is 4. The Hall–Kier alpha value is -2.19. The van der Waals surface area contributed by atoms with Crippen LogP contribution in [0.15, 0.2) is 60.1 Å². The van der Waals surface area contributed by atoms with Gasteiger partial charge >= 0.3 is 18.9 Å². The molecular formula is C22H25LiN3O2-. The predicted octanol–water partition coefficient (Wildman–Crippen LogP) is -0.354. The predicted molar refractivity (Wildman–Crippen MR) is 105 cm³/mol. The van der Waals surface area contributed by atoms with E-state index < -0.39 is 0 Å². The van der Waals surface area contributed by atoms with Gasteiger partial charge < -0.3 is 24.6 Å². The molecule has 0 aromatic heterocycles. The number of rotatable bonds is 4. The van der Waals surface area contributed by atoms with Crippen molar-refractivity contribution in [3.63, 3.8) is 0 Å². The fourth-order valence-corrected chi connectivity index (χ4v) is 3.32. The first kappa shape index (κ1) is 22.1. The van der Waals surface area contributed by atoms with Crippen LogP contribution in [-0.4, -0.2) is 48.0 Å². The summed E-state index contributed by atoms with van der Waals surface area (Å²) in [5, 5.41) is 3.51. The average molecular weight is 370 g/mol. The minimum Gasteiger partial charge on any atom is -0.498 e. The van der Waals surface area contributed by atoms with Gasteiger partial charge in [-0.3, -0.25) is 6.58 Å². The molecule has 1 amide bonds. The summed E-state index contributed by atoms with van der Waals surface area (Å²) in [6, 6.07) is 8.12. The molecule has 1 aromatic rings. The molecule has 6 heteroatoms.